The molecule has 0 aliphatic heterocycles. The van der Waals surface area contributed by atoms with E-state index in [-0.39, 0.29) is 5.78 Å². The molecule has 3 heteroatoms. The molecule has 3 nitrogen and oxygen atoms in total. The lowest BCUT2D eigenvalue weighted by molar-refractivity contribution is -0.114. The molecule has 1 aromatic carbocycles. The van der Waals surface area contributed by atoms with E-state index < -0.39 is 0 Å². The van der Waals surface area contributed by atoms with E-state index in [4.69, 9.17) is 0 Å². The van der Waals surface area contributed by atoms with Gasteiger partial charge >= 0.3 is 0 Å². The topological polar surface area (TPSA) is 45.8 Å². The molecule has 0 unspecified atom stereocenters. The van der Waals surface area contributed by atoms with Gasteiger partial charge in [-0.1, -0.05) is 0 Å². The molecule has 20 heavy (non-hydrogen) atoms. The molecule has 0 amide bonds. The number of nitrogens with one attached hydrogen (secondary N) is 1. The van der Waals surface area contributed by atoms with Crippen LogP contribution in [0.25, 0.3) is 27.8 Å². The highest BCUT2D eigenvalue weighted by molar-refractivity contribution is 6.10. The number of hydrogen-bond donors (Lipinski definition) is 1. The van der Waals surface area contributed by atoms with Crippen molar-refractivity contribution in [2.45, 2.75) is 20.3 Å². The molecule has 2 aromatic heterocycles. The number of nitrogens with zero attached hydrogens (tertiary/aromatic N) is 1. The predicted octanol–water partition coefficient (Wildman–Crippen LogP) is 3.47. The van der Waals surface area contributed by atoms with Crippen molar-refractivity contribution in [2.75, 3.05) is 0 Å². The number of hydrogen-bond acceptors (Lipinski definition) is 2. The van der Waals surface area contributed by atoms with Crippen LogP contribution in [0, 0.1) is 13.8 Å². The molecular formula is C17H14N2O. The Kier molecular flexibility index (Phi) is 2.16. The van der Waals surface area contributed by atoms with Crippen molar-refractivity contribution in [3.63, 3.8) is 0 Å². The summed E-state index contributed by atoms with van der Waals surface area (Å²) < 4.78 is 0. The summed E-state index contributed by atoms with van der Waals surface area (Å²) in [5.41, 5.74) is 5.76. The van der Waals surface area contributed by atoms with Gasteiger partial charge in [-0.15, -0.1) is 0 Å². The molecule has 4 rings (SSSR count). The van der Waals surface area contributed by atoms with E-state index in [2.05, 4.69) is 29.9 Å². The lowest BCUT2D eigenvalue weighted by Gasteiger charge is -2.10. The molecule has 2 heterocycles. The fourth-order valence-corrected chi connectivity index (χ4v) is 3.28. The van der Waals surface area contributed by atoms with Gasteiger partial charge in [-0.2, -0.15) is 0 Å². The molecule has 1 N–H and O–H groups in total. The van der Waals surface area contributed by atoms with E-state index in [9.17, 15) is 4.79 Å². The third-order valence-corrected chi connectivity index (χ3v) is 4.30. The van der Waals surface area contributed by atoms with E-state index in [1.54, 1.807) is 6.08 Å². The molecule has 1 aliphatic carbocycles. The molecular weight excluding hydrogens is 248 g/mol. The summed E-state index contributed by atoms with van der Waals surface area (Å²) in [5, 5.41) is 3.58. The Morgan fingerprint density at radius 2 is 2.00 bits per heavy atom. The quantitative estimate of drug-likeness (QED) is 0.674. The molecule has 1 aliphatic rings. The second-order valence-corrected chi connectivity index (χ2v) is 5.41. The van der Waals surface area contributed by atoms with Gasteiger partial charge in [-0.05, 0) is 54.1 Å². The van der Waals surface area contributed by atoms with Gasteiger partial charge < -0.3 is 4.98 Å². The molecule has 0 fully saturated rings. The van der Waals surface area contributed by atoms with Crippen molar-refractivity contribution in [3.8, 4) is 0 Å². The van der Waals surface area contributed by atoms with Gasteiger partial charge in [-0.3, -0.25) is 9.78 Å². The normalized spacial score (nSPS) is 14.2. The van der Waals surface area contributed by atoms with Crippen molar-refractivity contribution in [1.29, 1.82) is 0 Å². The number of benzene rings is 1. The maximum absolute atomic E-state index is 11.7. The number of aromatic amines is 1. The summed E-state index contributed by atoms with van der Waals surface area (Å²) in [6.07, 6.45) is 7.77. The first-order valence-electron chi connectivity index (χ1n) is 6.75. The van der Waals surface area contributed by atoms with Gasteiger partial charge in [-0.25, -0.2) is 0 Å². The minimum absolute atomic E-state index is 0.168. The van der Waals surface area contributed by atoms with Gasteiger partial charge in [0.1, 0.15) is 0 Å². The molecule has 0 atom stereocenters. The predicted molar refractivity (Wildman–Crippen MR) is 80.8 cm³/mol. The van der Waals surface area contributed by atoms with Crippen LogP contribution in [0.5, 0.6) is 0 Å². The zero-order valence-electron chi connectivity index (χ0n) is 11.4. The Bertz CT molecular complexity index is 916. The van der Waals surface area contributed by atoms with Crippen molar-refractivity contribution in [1.82, 2.24) is 9.97 Å². The molecule has 98 valence electrons. The number of aromatic nitrogens is 2. The first-order valence-corrected chi connectivity index (χ1v) is 6.75. The minimum Gasteiger partial charge on any atom is -0.355 e. The zero-order chi connectivity index (χ0) is 13.9. The largest absolute Gasteiger partial charge is 0.355 e. The average molecular weight is 262 g/mol. The summed E-state index contributed by atoms with van der Waals surface area (Å²) in [6.45, 7) is 4.24. The summed E-state index contributed by atoms with van der Waals surface area (Å²) in [6, 6.07) is 2.05. The van der Waals surface area contributed by atoms with Gasteiger partial charge in [0.15, 0.2) is 5.78 Å². The van der Waals surface area contributed by atoms with E-state index in [0.717, 1.165) is 16.8 Å². The second-order valence-electron chi connectivity index (χ2n) is 5.41. The molecule has 0 radical (unpaired) electrons. The van der Waals surface area contributed by atoms with Crippen molar-refractivity contribution in [3.05, 3.63) is 46.9 Å². The third kappa shape index (κ3) is 1.35. The Labute approximate surface area is 116 Å². The van der Waals surface area contributed by atoms with Crippen molar-refractivity contribution < 1.29 is 4.79 Å². The standard InChI is InChI=1S/C17H14N2O/c1-9-14-8-18-6-5-12(14)10(2)17-16(9)13-7-11(20)3-4-15(13)19-17/h3-6,8,19H,7H2,1-2H3. The summed E-state index contributed by atoms with van der Waals surface area (Å²) in [4.78, 5) is 19.4. The fourth-order valence-electron chi connectivity index (χ4n) is 3.28. The van der Waals surface area contributed by atoms with Gasteiger partial charge in [0.05, 0.1) is 5.52 Å². The smallest absolute Gasteiger partial charge is 0.160 e. The number of allylic oxidation sites excluding steroid dienone is 1. The van der Waals surface area contributed by atoms with E-state index in [1.165, 1.54) is 27.3 Å². The zero-order valence-corrected chi connectivity index (χ0v) is 11.4. The summed E-state index contributed by atoms with van der Waals surface area (Å²) >= 11 is 0. The highest BCUT2D eigenvalue weighted by Gasteiger charge is 2.20. The number of ketones is 1. The SMILES string of the molecule is Cc1c2ccncc2c(C)c2c3c([nH]c12)C=CC(=O)C3. The van der Waals surface area contributed by atoms with Crippen LogP contribution in [0.1, 0.15) is 22.4 Å². The highest BCUT2D eigenvalue weighted by atomic mass is 16.1. The number of aryl methyl sites for hydroxylation is 2. The summed E-state index contributed by atoms with van der Waals surface area (Å²) in [7, 11) is 0. The Hall–Kier alpha value is -2.42. The first kappa shape index (κ1) is 11.4. The average Bonchev–Trinajstić information content (AvgIpc) is 2.84. The second kappa shape index (κ2) is 3.79. The number of H-pyrrole nitrogens is 1. The van der Waals surface area contributed by atoms with Crippen LogP contribution in [-0.2, 0) is 11.2 Å². The van der Waals surface area contributed by atoms with Gasteiger partial charge in [0, 0.05) is 35.3 Å². The summed E-state index contributed by atoms with van der Waals surface area (Å²) in [5.74, 6) is 0.168. The van der Waals surface area contributed by atoms with E-state index in [0.29, 0.717) is 6.42 Å². The third-order valence-electron chi connectivity index (χ3n) is 4.30. The van der Waals surface area contributed by atoms with Crippen LogP contribution in [0.2, 0.25) is 0 Å². The first-order chi connectivity index (χ1) is 9.66. The van der Waals surface area contributed by atoms with Crippen LogP contribution in [0.4, 0.5) is 0 Å². The van der Waals surface area contributed by atoms with Crippen LogP contribution < -0.4 is 0 Å². The van der Waals surface area contributed by atoms with E-state index >= 15 is 0 Å². The van der Waals surface area contributed by atoms with Crippen LogP contribution in [0.3, 0.4) is 0 Å². The Morgan fingerprint density at radius 3 is 2.85 bits per heavy atom. The van der Waals surface area contributed by atoms with Crippen LogP contribution >= 0.6 is 0 Å². The van der Waals surface area contributed by atoms with Crippen molar-refractivity contribution in [2.24, 2.45) is 0 Å². The Balaban J connectivity index is 2.25. The maximum atomic E-state index is 11.7. The van der Waals surface area contributed by atoms with Gasteiger partial charge in [0.25, 0.3) is 0 Å². The maximum Gasteiger partial charge on any atom is 0.160 e. The van der Waals surface area contributed by atoms with Crippen molar-refractivity contribution >= 4 is 33.5 Å². The monoisotopic (exact) mass is 262 g/mol. The lowest BCUT2D eigenvalue weighted by Crippen LogP contribution is -2.04. The molecule has 0 saturated carbocycles. The highest BCUT2D eigenvalue weighted by Crippen LogP contribution is 2.36. The molecule has 3 aromatic rings. The molecule has 0 spiro atoms. The molecule has 0 saturated heterocycles. The number of carbonyl (C=O) groups is 1. The number of rotatable bonds is 0. The molecule has 0 bridgehead atoms. The number of carbonyl (C=O) groups excluding carboxylic acids is 1. The van der Waals surface area contributed by atoms with Crippen LogP contribution in [0.15, 0.2) is 24.5 Å². The van der Waals surface area contributed by atoms with Gasteiger partial charge in [0.2, 0.25) is 0 Å². The van der Waals surface area contributed by atoms with Crippen LogP contribution in [-0.4, -0.2) is 15.8 Å². The number of fused-ring (bicyclic) bond motifs is 4. The Morgan fingerprint density at radius 1 is 1.15 bits per heavy atom. The number of pyridine rings is 1. The lowest BCUT2D eigenvalue weighted by atomic mass is 9.93. The van der Waals surface area contributed by atoms with E-state index in [1.807, 2.05) is 18.5 Å². The fraction of sp³-hybridized carbons (Fsp3) is 0.176. The minimum atomic E-state index is 0.168.